The molecule has 1 fully saturated rings. The zero-order valence-electron chi connectivity index (χ0n) is 49.7. The molecule has 12 nitrogen and oxygen atoms in total. The van der Waals surface area contributed by atoms with Crippen LogP contribution in [0.2, 0.25) is 0 Å². The smallest absolute Gasteiger partial charge is 0.335 e. The first-order valence-electron chi connectivity index (χ1n) is 30.5. The van der Waals surface area contributed by atoms with Gasteiger partial charge in [-0.3, -0.25) is 14.4 Å². The normalized spacial score (nSPS) is 18.9. The Hall–Kier alpha value is -5.66. The predicted molar refractivity (Wildman–Crippen MR) is 330 cm³/mol. The summed E-state index contributed by atoms with van der Waals surface area (Å²) >= 11 is 0. The average molecular weight is 1130 g/mol. The molecule has 452 valence electrons. The predicted octanol–water partition coefficient (Wildman–Crippen LogP) is 16.1. The van der Waals surface area contributed by atoms with Crippen molar-refractivity contribution in [2.45, 2.75) is 237 Å². The van der Waals surface area contributed by atoms with E-state index in [0.717, 1.165) is 135 Å². The number of carbonyl (C=O) groups excluding carboxylic acids is 3. The second-order valence-electron chi connectivity index (χ2n) is 19.8. The maximum Gasteiger partial charge on any atom is 0.335 e. The molecule has 1 aliphatic rings. The molecule has 12 heteroatoms. The van der Waals surface area contributed by atoms with E-state index in [4.69, 9.17) is 23.7 Å². The standard InChI is InChI=1S/C69H104O12/c1-4-7-10-13-16-19-22-25-27-29-31-33-35-38-40-43-46-49-52-55-61(70)77-58-60(79-62(71)56-53-50-47-44-41-37-24-21-18-15-12-9-6-3)59-78-69-67(65(74)64(73)66(81-69)68(75)76)80-63(72)57-54-51-48-45-42-39-36-34-32-30-28-26-23-20-17-14-11-8-5-2/h7-12,16-21,25-28,31-34,37-38,40-41,46,49,60,64-67,69,73-74H,4-6,13-15,22-24,29-30,35-36,39,42-45,47-48,50-59H2,1-3H3,(H,75,76)/b10-7-,11-8-,12-9-,19-16-,20-17-,21-18-,27-25-,28-26-,33-31-,34-32-,40-38-,41-37-,49-46-. The summed E-state index contributed by atoms with van der Waals surface area (Å²) in [5.41, 5.74) is 0. The number of aliphatic carboxylic acids is 1. The van der Waals surface area contributed by atoms with Gasteiger partial charge < -0.3 is 39.0 Å². The number of aliphatic hydroxyl groups is 2. The first-order valence-corrected chi connectivity index (χ1v) is 30.5. The van der Waals surface area contributed by atoms with Crippen molar-refractivity contribution in [2.75, 3.05) is 13.2 Å². The molecule has 0 aromatic carbocycles. The molecule has 0 amide bonds. The van der Waals surface area contributed by atoms with Gasteiger partial charge in [-0.25, -0.2) is 4.79 Å². The number of carboxylic acids is 1. The molecule has 3 N–H and O–H groups in total. The van der Waals surface area contributed by atoms with Crippen molar-refractivity contribution >= 4 is 23.9 Å². The van der Waals surface area contributed by atoms with E-state index < -0.39 is 67.3 Å². The zero-order chi connectivity index (χ0) is 58.9. The third-order valence-electron chi connectivity index (χ3n) is 12.6. The van der Waals surface area contributed by atoms with Crippen molar-refractivity contribution in [3.8, 4) is 0 Å². The number of carbonyl (C=O) groups is 4. The number of rotatable bonds is 49. The number of unbranched alkanes of at least 4 members (excludes halogenated alkanes) is 9. The van der Waals surface area contributed by atoms with Crippen LogP contribution in [-0.4, -0.2) is 89.2 Å². The summed E-state index contributed by atoms with van der Waals surface area (Å²) in [6.45, 7) is 5.54. The minimum atomic E-state index is -1.93. The van der Waals surface area contributed by atoms with Gasteiger partial charge in [0.1, 0.15) is 18.8 Å². The highest BCUT2D eigenvalue weighted by molar-refractivity contribution is 5.74. The highest BCUT2D eigenvalue weighted by Gasteiger charge is 2.50. The number of ether oxygens (including phenoxy) is 5. The molecule has 1 rings (SSSR count). The molecule has 0 radical (unpaired) electrons. The maximum atomic E-state index is 13.1. The number of allylic oxidation sites excluding steroid dienone is 26. The second-order valence-corrected chi connectivity index (χ2v) is 19.8. The van der Waals surface area contributed by atoms with Crippen molar-refractivity contribution in [3.63, 3.8) is 0 Å². The summed E-state index contributed by atoms with van der Waals surface area (Å²) in [6.07, 6.45) is 67.9. The van der Waals surface area contributed by atoms with Crippen LogP contribution in [0.3, 0.4) is 0 Å². The first kappa shape index (κ1) is 73.4. The van der Waals surface area contributed by atoms with Crippen LogP contribution in [0.15, 0.2) is 158 Å². The van der Waals surface area contributed by atoms with Crippen molar-refractivity contribution < 1.29 is 58.2 Å². The lowest BCUT2D eigenvalue weighted by atomic mass is 9.98. The number of hydrogen-bond acceptors (Lipinski definition) is 11. The van der Waals surface area contributed by atoms with Gasteiger partial charge in [0.05, 0.1) is 6.61 Å². The lowest BCUT2D eigenvalue weighted by Crippen LogP contribution is -2.61. The molecule has 6 atom stereocenters. The summed E-state index contributed by atoms with van der Waals surface area (Å²) in [5.74, 6) is -3.32. The van der Waals surface area contributed by atoms with Crippen molar-refractivity contribution in [1.29, 1.82) is 0 Å². The average Bonchev–Trinajstić information content (AvgIpc) is 3.45. The van der Waals surface area contributed by atoms with E-state index in [1.807, 2.05) is 12.2 Å². The fourth-order valence-electron chi connectivity index (χ4n) is 8.04. The summed E-state index contributed by atoms with van der Waals surface area (Å²) < 4.78 is 28.3. The Bertz CT molecular complexity index is 2010. The summed E-state index contributed by atoms with van der Waals surface area (Å²) in [4.78, 5) is 51.2. The van der Waals surface area contributed by atoms with Crippen LogP contribution < -0.4 is 0 Å². The van der Waals surface area contributed by atoms with E-state index in [1.165, 1.54) is 0 Å². The van der Waals surface area contributed by atoms with Crippen LogP contribution in [0.5, 0.6) is 0 Å². The molecule has 6 unspecified atom stereocenters. The summed E-state index contributed by atoms with van der Waals surface area (Å²) in [6, 6.07) is 0. The van der Waals surface area contributed by atoms with Crippen LogP contribution in [0.4, 0.5) is 0 Å². The van der Waals surface area contributed by atoms with Gasteiger partial charge in [0.2, 0.25) is 0 Å². The molecule has 0 aliphatic carbocycles. The van der Waals surface area contributed by atoms with Gasteiger partial charge in [0, 0.05) is 19.3 Å². The number of carboxylic acid groups (broad SMARTS) is 1. The first-order chi connectivity index (χ1) is 39.6. The number of aliphatic hydroxyl groups excluding tert-OH is 2. The van der Waals surface area contributed by atoms with Gasteiger partial charge in [-0.15, -0.1) is 0 Å². The third-order valence-corrected chi connectivity index (χ3v) is 12.6. The summed E-state index contributed by atoms with van der Waals surface area (Å²) in [5, 5.41) is 31.5. The molecular formula is C69H104O12. The Morgan fingerprint density at radius 2 is 0.765 bits per heavy atom. The highest BCUT2D eigenvalue weighted by atomic mass is 16.7. The van der Waals surface area contributed by atoms with Crippen molar-refractivity contribution in [3.05, 3.63) is 158 Å². The van der Waals surface area contributed by atoms with Crippen LogP contribution in [0, 0.1) is 0 Å². The van der Waals surface area contributed by atoms with Crippen molar-refractivity contribution in [2.24, 2.45) is 0 Å². The molecule has 1 aliphatic heterocycles. The third kappa shape index (κ3) is 44.7. The topological polar surface area (TPSA) is 175 Å². The Labute approximate surface area is 488 Å². The van der Waals surface area contributed by atoms with E-state index in [9.17, 15) is 34.5 Å². The van der Waals surface area contributed by atoms with Gasteiger partial charge in [-0.2, -0.15) is 0 Å². The zero-order valence-corrected chi connectivity index (χ0v) is 49.7. The largest absolute Gasteiger partial charge is 0.479 e. The van der Waals surface area contributed by atoms with E-state index in [1.54, 1.807) is 0 Å². The van der Waals surface area contributed by atoms with E-state index in [2.05, 4.69) is 167 Å². The molecule has 0 aromatic rings. The van der Waals surface area contributed by atoms with E-state index in [0.29, 0.717) is 25.7 Å². The fraction of sp³-hybridized carbons (Fsp3) is 0.565. The van der Waals surface area contributed by atoms with Crippen LogP contribution in [0.25, 0.3) is 0 Å². The van der Waals surface area contributed by atoms with Crippen LogP contribution in [0.1, 0.15) is 201 Å². The summed E-state index contributed by atoms with van der Waals surface area (Å²) in [7, 11) is 0. The molecule has 81 heavy (non-hydrogen) atoms. The van der Waals surface area contributed by atoms with Crippen LogP contribution in [-0.2, 0) is 42.9 Å². The molecule has 0 bridgehead atoms. The highest BCUT2D eigenvalue weighted by Crippen LogP contribution is 2.26. The Kier molecular flexibility index (Phi) is 49.7. The van der Waals surface area contributed by atoms with Gasteiger partial charge in [0.25, 0.3) is 0 Å². The molecule has 0 aromatic heterocycles. The second kappa shape index (κ2) is 54.9. The number of hydrogen-bond donors (Lipinski definition) is 3. The molecule has 1 saturated heterocycles. The SMILES string of the molecule is CC/C=C\C/C=C\C/C=C\C/C=C\C/C=C\C/C=C\CCC(=O)OCC(COC1OC(C(=O)O)C(O)C(O)C1OC(=O)CCCCCCCC/C=C\C/C=C\C/C=C\C/C=C\CC)OC(=O)CCCCC/C=C\C/C=C\C/C=C\CC. The Balaban J connectivity index is 2.74. The number of esters is 3. The van der Waals surface area contributed by atoms with Crippen molar-refractivity contribution in [1.82, 2.24) is 0 Å². The quantitative estimate of drug-likeness (QED) is 0.0228. The van der Waals surface area contributed by atoms with Gasteiger partial charge >= 0.3 is 23.9 Å². The maximum absolute atomic E-state index is 13.1. The van der Waals surface area contributed by atoms with Gasteiger partial charge in [0.15, 0.2) is 24.6 Å². The molecule has 1 heterocycles. The lowest BCUT2D eigenvalue weighted by molar-refractivity contribution is -0.301. The lowest BCUT2D eigenvalue weighted by Gasteiger charge is -2.40. The Morgan fingerprint density at radius 1 is 0.407 bits per heavy atom. The minimum Gasteiger partial charge on any atom is -0.479 e. The van der Waals surface area contributed by atoms with Gasteiger partial charge in [-0.05, 0) is 128 Å². The minimum absolute atomic E-state index is 0.0237. The van der Waals surface area contributed by atoms with E-state index in [-0.39, 0.29) is 25.9 Å². The van der Waals surface area contributed by atoms with Crippen LogP contribution >= 0.6 is 0 Å². The monoisotopic (exact) mass is 1120 g/mol. The molecular weight excluding hydrogens is 1020 g/mol. The van der Waals surface area contributed by atoms with Gasteiger partial charge in [-0.1, -0.05) is 211 Å². The Morgan fingerprint density at radius 3 is 1.19 bits per heavy atom. The fourth-order valence-corrected chi connectivity index (χ4v) is 8.04. The van der Waals surface area contributed by atoms with E-state index >= 15 is 0 Å². The molecule has 0 saturated carbocycles. The molecule has 0 spiro atoms.